The highest BCUT2D eigenvalue weighted by Crippen LogP contribution is 2.25. The summed E-state index contributed by atoms with van der Waals surface area (Å²) in [6.45, 7) is 1.98. The third kappa shape index (κ3) is 3.36. The number of fused-ring (bicyclic) bond motifs is 1. The van der Waals surface area contributed by atoms with Crippen molar-refractivity contribution in [3.63, 3.8) is 0 Å². The Bertz CT molecular complexity index is 697. The Morgan fingerprint density at radius 2 is 1.67 bits per heavy atom. The molecule has 21 heavy (non-hydrogen) atoms. The van der Waals surface area contributed by atoms with Gasteiger partial charge in [-0.05, 0) is 79.4 Å². The van der Waals surface area contributed by atoms with Crippen molar-refractivity contribution in [2.75, 3.05) is 10.6 Å². The van der Waals surface area contributed by atoms with Crippen molar-refractivity contribution in [3.05, 3.63) is 58.1 Å². The molecule has 0 bridgehead atoms. The van der Waals surface area contributed by atoms with Crippen molar-refractivity contribution in [3.8, 4) is 0 Å². The number of rotatable bonds is 2. The predicted octanol–water partition coefficient (Wildman–Crippen LogP) is 4.95. The van der Waals surface area contributed by atoms with Crippen LogP contribution in [0.5, 0.6) is 0 Å². The van der Waals surface area contributed by atoms with Gasteiger partial charge < -0.3 is 10.6 Å². The molecule has 0 fully saturated rings. The van der Waals surface area contributed by atoms with Gasteiger partial charge in [-0.2, -0.15) is 0 Å². The van der Waals surface area contributed by atoms with Crippen molar-refractivity contribution in [2.45, 2.75) is 26.2 Å². The van der Waals surface area contributed by atoms with Gasteiger partial charge in [0.1, 0.15) is 0 Å². The van der Waals surface area contributed by atoms with Crippen LogP contribution in [0.15, 0.2) is 36.4 Å². The van der Waals surface area contributed by atoms with E-state index in [0.29, 0.717) is 5.11 Å². The zero-order valence-corrected chi connectivity index (χ0v) is 13.4. The maximum absolute atomic E-state index is 6.12. The van der Waals surface area contributed by atoms with E-state index >= 15 is 0 Å². The van der Waals surface area contributed by atoms with Gasteiger partial charge in [-0.3, -0.25) is 0 Å². The first-order chi connectivity index (χ1) is 10.1. The quantitative estimate of drug-likeness (QED) is 0.767. The fourth-order valence-corrected chi connectivity index (χ4v) is 3.03. The van der Waals surface area contributed by atoms with Crippen molar-refractivity contribution >= 4 is 40.3 Å². The Kier molecular flexibility index (Phi) is 4.13. The standard InChI is InChI=1S/C17H17ClN2S/c1-11-5-7-15(10-16(11)18)20-17(21)19-14-8-6-12-3-2-4-13(12)9-14/h5-10H,2-4H2,1H3,(H2,19,20,21). The lowest BCUT2D eigenvalue weighted by Gasteiger charge is -2.12. The molecular weight excluding hydrogens is 300 g/mol. The molecule has 2 N–H and O–H groups in total. The molecule has 1 aliphatic rings. The molecule has 0 unspecified atom stereocenters. The first kappa shape index (κ1) is 14.4. The molecule has 0 aromatic heterocycles. The molecule has 0 spiro atoms. The summed E-state index contributed by atoms with van der Waals surface area (Å²) in [6.07, 6.45) is 3.61. The lowest BCUT2D eigenvalue weighted by Crippen LogP contribution is -2.19. The maximum atomic E-state index is 6.12. The molecule has 2 aromatic rings. The average molecular weight is 317 g/mol. The monoisotopic (exact) mass is 316 g/mol. The Morgan fingerprint density at radius 3 is 2.43 bits per heavy atom. The van der Waals surface area contributed by atoms with Gasteiger partial charge in [-0.25, -0.2) is 0 Å². The summed E-state index contributed by atoms with van der Waals surface area (Å²) in [4.78, 5) is 0. The molecular formula is C17H17ClN2S. The van der Waals surface area contributed by atoms with Crippen molar-refractivity contribution < 1.29 is 0 Å². The molecule has 108 valence electrons. The van der Waals surface area contributed by atoms with Crippen LogP contribution in [0, 0.1) is 6.92 Å². The first-order valence-electron chi connectivity index (χ1n) is 7.08. The summed E-state index contributed by atoms with van der Waals surface area (Å²) in [7, 11) is 0. The summed E-state index contributed by atoms with van der Waals surface area (Å²) < 4.78 is 0. The number of thiocarbonyl (C=S) groups is 1. The molecule has 2 nitrogen and oxygen atoms in total. The Balaban J connectivity index is 1.67. The smallest absolute Gasteiger partial charge is 0.175 e. The first-order valence-corrected chi connectivity index (χ1v) is 7.86. The van der Waals surface area contributed by atoms with Crippen LogP contribution in [0.3, 0.4) is 0 Å². The van der Waals surface area contributed by atoms with E-state index in [2.05, 4.69) is 28.8 Å². The van der Waals surface area contributed by atoms with Gasteiger partial charge in [0.2, 0.25) is 0 Å². The lowest BCUT2D eigenvalue weighted by molar-refractivity contribution is 0.912. The molecule has 1 aliphatic carbocycles. The van der Waals surface area contributed by atoms with Crippen molar-refractivity contribution in [1.82, 2.24) is 0 Å². The minimum Gasteiger partial charge on any atom is -0.332 e. The molecule has 0 saturated carbocycles. The van der Waals surface area contributed by atoms with Crippen LogP contribution in [0.4, 0.5) is 11.4 Å². The lowest BCUT2D eigenvalue weighted by atomic mass is 10.1. The summed E-state index contributed by atoms with van der Waals surface area (Å²) in [5.41, 5.74) is 5.88. The van der Waals surface area contributed by atoms with Gasteiger partial charge in [0.05, 0.1) is 0 Å². The second-order valence-electron chi connectivity index (χ2n) is 5.38. The second kappa shape index (κ2) is 6.04. The molecule has 0 amide bonds. The third-order valence-electron chi connectivity index (χ3n) is 3.79. The van der Waals surface area contributed by atoms with E-state index in [0.717, 1.165) is 22.0 Å². The third-order valence-corrected chi connectivity index (χ3v) is 4.40. The highest BCUT2D eigenvalue weighted by atomic mass is 35.5. The summed E-state index contributed by atoms with van der Waals surface area (Å²) >= 11 is 11.5. The van der Waals surface area contributed by atoms with Crippen LogP contribution in [0.25, 0.3) is 0 Å². The van der Waals surface area contributed by atoms with E-state index in [9.17, 15) is 0 Å². The Morgan fingerprint density at radius 1 is 1.00 bits per heavy atom. The molecule has 4 heteroatoms. The fourth-order valence-electron chi connectivity index (χ4n) is 2.61. The molecule has 0 heterocycles. The van der Waals surface area contributed by atoms with Crippen LogP contribution in [-0.2, 0) is 12.8 Å². The molecule has 3 rings (SSSR count). The molecule has 0 aliphatic heterocycles. The minimum absolute atomic E-state index is 0.577. The van der Waals surface area contributed by atoms with Gasteiger partial charge in [0.15, 0.2) is 5.11 Å². The second-order valence-corrected chi connectivity index (χ2v) is 6.20. The molecule has 2 aromatic carbocycles. The van der Waals surface area contributed by atoms with Crippen molar-refractivity contribution in [1.29, 1.82) is 0 Å². The van der Waals surface area contributed by atoms with Gasteiger partial charge >= 0.3 is 0 Å². The van der Waals surface area contributed by atoms with E-state index < -0.39 is 0 Å². The summed E-state index contributed by atoms with van der Waals surface area (Å²) in [5.74, 6) is 0. The normalized spacial score (nSPS) is 12.9. The number of halogens is 1. The van der Waals surface area contributed by atoms with Crippen LogP contribution in [0.2, 0.25) is 5.02 Å². The van der Waals surface area contributed by atoms with E-state index in [1.54, 1.807) is 0 Å². The molecule has 0 radical (unpaired) electrons. The number of anilines is 2. The van der Waals surface area contributed by atoms with Crippen LogP contribution >= 0.6 is 23.8 Å². The van der Waals surface area contributed by atoms with Crippen LogP contribution in [-0.4, -0.2) is 5.11 Å². The van der Waals surface area contributed by atoms with Gasteiger partial charge in [0, 0.05) is 16.4 Å². The van der Waals surface area contributed by atoms with E-state index in [1.165, 1.54) is 30.4 Å². The highest BCUT2D eigenvalue weighted by molar-refractivity contribution is 7.80. The summed E-state index contributed by atoms with van der Waals surface area (Å²) in [5, 5.41) is 7.71. The number of aryl methyl sites for hydroxylation is 3. The Labute approximate surface area is 135 Å². The zero-order valence-electron chi connectivity index (χ0n) is 11.9. The minimum atomic E-state index is 0.577. The van der Waals surface area contributed by atoms with Crippen molar-refractivity contribution in [2.24, 2.45) is 0 Å². The summed E-state index contributed by atoms with van der Waals surface area (Å²) in [6, 6.07) is 12.3. The highest BCUT2D eigenvalue weighted by Gasteiger charge is 2.11. The average Bonchev–Trinajstić information content (AvgIpc) is 2.90. The number of nitrogens with one attached hydrogen (secondary N) is 2. The Hall–Kier alpha value is -1.58. The van der Waals surface area contributed by atoms with Crippen LogP contribution < -0.4 is 10.6 Å². The number of hydrogen-bond acceptors (Lipinski definition) is 1. The molecule has 0 atom stereocenters. The van der Waals surface area contributed by atoms with E-state index in [1.807, 2.05) is 25.1 Å². The zero-order chi connectivity index (χ0) is 14.8. The number of hydrogen-bond donors (Lipinski definition) is 2. The maximum Gasteiger partial charge on any atom is 0.175 e. The fraction of sp³-hybridized carbons (Fsp3) is 0.235. The topological polar surface area (TPSA) is 24.1 Å². The van der Waals surface area contributed by atoms with E-state index in [4.69, 9.17) is 23.8 Å². The number of benzene rings is 2. The predicted molar refractivity (Wildman–Crippen MR) is 94.5 cm³/mol. The van der Waals surface area contributed by atoms with Gasteiger partial charge in [0.25, 0.3) is 0 Å². The van der Waals surface area contributed by atoms with Gasteiger partial charge in [-0.15, -0.1) is 0 Å². The van der Waals surface area contributed by atoms with Gasteiger partial charge in [-0.1, -0.05) is 23.7 Å². The largest absolute Gasteiger partial charge is 0.332 e. The SMILES string of the molecule is Cc1ccc(NC(=S)Nc2ccc3c(c2)CCC3)cc1Cl. The molecule has 0 saturated heterocycles. The van der Waals surface area contributed by atoms with E-state index in [-0.39, 0.29) is 0 Å². The van der Waals surface area contributed by atoms with Crippen LogP contribution in [0.1, 0.15) is 23.1 Å².